The summed E-state index contributed by atoms with van der Waals surface area (Å²) >= 11 is 1.55. The van der Waals surface area contributed by atoms with Crippen molar-refractivity contribution in [1.29, 1.82) is 0 Å². The van der Waals surface area contributed by atoms with E-state index < -0.39 is 0 Å². The van der Waals surface area contributed by atoms with Crippen LogP contribution in [-0.4, -0.2) is 23.8 Å². The zero-order valence-corrected chi connectivity index (χ0v) is 13.3. The molecule has 110 valence electrons. The summed E-state index contributed by atoms with van der Waals surface area (Å²) in [5.74, 6) is 0.890. The largest absolute Gasteiger partial charge is 0.332 e. The van der Waals surface area contributed by atoms with Gasteiger partial charge in [0.05, 0.1) is 0 Å². The summed E-state index contributed by atoms with van der Waals surface area (Å²) in [6.07, 6.45) is 2.64. The molecular formula is C13H20N4O2S. The van der Waals surface area contributed by atoms with E-state index in [4.69, 9.17) is 0 Å². The van der Waals surface area contributed by atoms with Crippen molar-refractivity contribution in [3.05, 3.63) is 27.2 Å². The molecule has 0 saturated heterocycles. The van der Waals surface area contributed by atoms with Crippen molar-refractivity contribution in [2.75, 3.05) is 5.75 Å². The lowest BCUT2D eigenvalue weighted by molar-refractivity contribution is 0.401. The second-order valence-corrected chi connectivity index (χ2v) is 7.15. The third-order valence-electron chi connectivity index (χ3n) is 3.20. The van der Waals surface area contributed by atoms with Gasteiger partial charge >= 0.3 is 5.69 Å². The fourth-order valence-corrected chi connectivity index (χ4v) is 3.17. The average molecular weight is 296 g/mol. The Labute approximate surface area is 121 Å². The molecule has 0 aromatic carbocycles. The molecule has 0 aliphatic carbocycles. The maximum Gasteiger partial charge on any atom is 0.332 e. The van der Waals surface area contributed by atoms with Crippen LogP contribution in [-0.2, 0) is 14.1 Å². The molecule has 7 heteroatoms. The van der Waals surface area contributed by atoms with Gasteiger partial charge in [-0.2, -0.15) is 0 Å². The van der Waals surface area contributed by atoms with Crippen molar-refractivity contribution in [3.8, 4) is 0 Å². The first-order valence-electron chi connectivity index (χ1n) is 6.49. The molecule has 0 spiro atoms. The van der Waals surface area contributed by atoms with Crippen LogP contribution in [0.5, 0.6) is 0 Å². The Morgan fingerprint density at radius 2 is 1.85 bits per heavy atom. The summed E-state index contributed by atoms with van der Waals surface area (Å²) < 4.78 is 4.28. The van der Waals surface area contributed by atoms with E-state index in [2.05, 4.69) is 25.8 Å². The molecule has 2 heterocycles. The van der Waals surface area contributed by atoms with E-state index in [0.717, 1.165) is 16.7 Å². The molecule has 20 heavy (non-hydrogen) atoms. The smallest absolute Gasteiger partial charge is 0.279 e. The van der Waals surface area contributed by atoms with Gasteiger partial charge < -0.3 is 0 Å². The highest BCUT2D eigenvalue weighted by Gasteiger charge is 2.15. The second-order valence-electron chi connectivity index (χ2n) is 6.09. The zero-order valence-electron chi connectivity index (χ0n) is 12.5. The van der Waals surface area contributed by atoms with E-state index in [1.54, 1.807) is 29.3 Å². The Balaban J connectivity index is 2.42. The summed E-state index contributed by atoms with van der Waals surface area (Å²) in [7, 11) is 3.11. The summed E-state index contributed by atoms with van der Waals surface area (Å²) in [6, 6.07) is 0. The molecule has 0 N–H and O–H groups in total. The Morgan fingerprint density at radius 1 is 1.20 bits per heavy atom. The first-order valence-corrected chi connectivity index (χ1v) is 7.43. The quantitative estimate of drug-likeness (QED) is 0.858. The lowest BCUT2D eigenvalue weighted by Gasteiger charge is -2.17. The van der Waals surface area contributed by atoms with Crippen LogP contribution in [0, 0.1) is 5.41 Å². The number of hydrogen-bond donors (Lipinski definition) is 0. The number of aromatic nitrogens is 4. The van der Waals surface area contributed by atoms with Crippen LogP contribution >= 0.6 is 11.9 Å². The summed E-state index contributed by atoms with van der Waals surface area (Å²) in [6.45, 7) is 6.55. The molecule has 0 unspecified atom stereocenters. The Hall–Kier alpha value is -1.50. The number of imidazole rings is 1. The van der Waals surface area contributed by atoms with Crippen molar-refractivity contribution in [3.63, 3.8) is 0 Å². The van der Waals surface area contributed by atoms with Gasteiger partial charge in [-0.1, -0.05) is 20.8 Å². The lowest BCUT2D eigenvalue weighted by Crippen LogP contribution is -2.37. The fourth-order valence-electron chi connectivity index (χ4n) is 1.87. The monoisotopic (exact) mass is 296 g/mol. The van der Waals surface area contributed by atoms with Crippen LogP contribution in [0.4, 0.5) is 0 Å². The van der Waals surface area contributed by atoms with Crippen molar-refractivity contribution in [1.82, 2.24) is 18.1 Å². The number of fused-ring (bicyclic) bond motifs is 1. The molecule has 2 aromatic rings. The van der Waals surface area contributed by atoms with E-state index in [0.29, 0.717) is 11.2 Å². The maximum atomic E-state index is 12.2. The normalized spacial score (nSPS) is 12.2. The molecule has 2 rings (SSSR count). The molecule has 0 radical (unpaired) electrons. The van der Waals surface area contributed by atoms with Crippen molar-refractivity contribution in [2.24, 2.45) is 19.5 Å². The Bertz CT molecular complexity index is 749. The third kappa shape index (κ3) is 2.67. The van der Waals surface area contributed by atoms with Crippen LogP contribution in [0.1, 0.15) is 27.2 Å². The van der Waals surface area contributed by atoms with Crippen LogP contribution in [0.15, 0.2) is 15.9 Å². The lowest BCUT2D eigenvalue weighted by atomic mass is 9.94. The SMILES string of the molecule is Cn1c(=O)c2c(ncn2SCCC(C)(C)C)n(C)c1=O. The summed E-state index contributed by atoms with van der Waals surface area (Å²) in [5, 5.41) is 0. The Morgan fingerprint density at radius 3 is 2.45 bits per heavy atom. The van der Waals surface area contributed by atoms with Gasteiger partial charge in [-0.15, -0.1) is 0 Å². The van der Waals surface area contributed by atoms with Gasteiger partial charge in [0.1, 0.15) is 6.33 Å². The zero-order chi connectivity index (χ0) is 15.1. The van der Waals surface area contributed by atoms with Crippen molar-refractivity contribution >= 4 is 23.1 Å². The standard InChI is InChI=1S/C13H20N4O2S/c1-13(2,3)6-7-20-17-8-14-10-9(17)11(18)16(5)12(19)15(10)4/h8H,6-7H2,1-5H3. The highest BCUT2D eigenvalue weighted by Crippen LogP contribution is 2.23. The maximum absolute atomic E-state index is 12.2. The second kappa shape index (κ2) is 5.12. The van der Waals surface area contributed by atoms with Gasteiger partial charge in [0.15, 0.2) is 11.2 Å². The van der Waals surface area contributed by atoms with Gasteiger partial charge in [-0.25, -0.2) is 9.78 Å². The van der Waals surface area contributed by atoms with E-state index in [1.165, 1.54) is 11.6 Å². The number of aryl methyl sites for hydroxylation is 1. The fraction of sp³-hybridized carbons (Fsp3) is 0.615. The van der Waals surface area contributed by atoms with E-state index in [1.807, 2.05) is 0 Å². The average Bonchev–Trinajstić information content (AvgIpc) is 2.76. The molecule has 0 amide bonds. The van der Waals surface area contributed by atoms with E-state index >= 15 is 0 Å². The van der Waals surface area contributed by atoms with Crippen LogP contribution < -0.4 is 11.2 Å². The van der Waals surface area contributed by atoms with E-state index in [9.17, 15) is 9.59 Å². The molecule has 6 nitrogen and oxygen atoms in total. The number of hydrogen-bond acceptors (Lipinski definition) is 4. The van der Waals surface area contributed by atoms with Crippen molar-refractivity contribution in [2.45, 2.75) is 27.2 Å². The molecule has 0 fully saturated rings. The predicted molar refractivity (Wildman–Crippen MR) is 82.1 cm³/mol. The molecule has 0 atom stereocenters. The number of rotatable bonds is 3. The van der Waals surface area contributed by atoms with Crippen LogP contribution in [0.25, 0.3) is 11.2 Å². The summed E-state index contributed by atoms with van der Waals surface area (Å²) in [4.78, 5) is 28.2. The van der Waals surface area contributed by atoms with Gasteiger partial charge in [-0.05, 0) is 23.8 Å². The summed E-state index contributed by atoms with van der Waals surface area (Å²) in [5.41, 5.74) is 0.493. The highest BCUT2D eigenvalue weighted by molar-refractivity contribution is 7.97. The third-order valence-corrected chi connectivity index (χ3v) is 4.14. The first kappa shape index (κ1) is 14.9. The van der Waals surface area contributed by atoms with Crippen molar-refractivity contribution < 1.29 is 0 Å². The molecule has 0 saturated carbocycles. The number of nitrogens with zero attached hydrogens (tertiary/aromatic N) is 4. The molecule has 0 aliphatic heterocycles. The minimum absolute atomic E-state index is 0.251. The minimum Gasteiger partial charge on any atom is -0.279 e. The van der Waals surface area contributed by atoms with Gasteiger partial charge in [-0.3, -0.25) is 17.9 Å². The van der Waals surface area contributed by atoms with Crippen LogP contribution in [0.2, 0.25) is 0 Å². The first-order chi connectivity index (χ1) is 9.22. The molecule has 0 bridgehead atoms. The predicted octanol–water partition coefficient (Wildman–Crippen LogP) is 1.37. The van der Waals surface area contributed by atoms with Gasteiger partial charge in [0, 0.05) is 19.8 Å². The molecule has 0 aliphatic rings. The minimum atomic E-state index is -0.354. The molecular weight excluding hydrogens is 276 g/mol. The highest BCUT2D eigenvalue weighted by atomic mass is 32.2. The van der Waals surface area contributed by atoms with Gasteiger partial charge in [0.25, 0.3) is 5.56 Å². The van der Waals surface area contributed by atoms with Crippen LogP contribution in [0.3, 0.4) is 0 Å². The van der Waals surface area contributed by atoms with Gasteiger partial charge in [0.2, 0.25) is 0 Å². The molecule has 2 aromatic heterocycles. The van der Waals surface area contributed by atoms with E-state index in [-0.39, 0.29) is 16.7 Å². The topological polar surface area (TPSA) is 61.8 Å². The Kier molecular flexibility index (Phi) is 3.82.